The van der Waals surface area contributed by atoms with E-state index in [9.17, 15) is 4.79 Å². The maximum absolute atomic E-state index is 11.2. The first-order valence-electron chi connectivity index (χ1n) is 6.37. The molecule has 0 fully saturated rings. The highest BCUT2D eigenvalue weighted by Gasteiger charge is 2.12. The van der Waals surface area contributed by atoms with Crippen LogP contribution in [0.3, 0.4) is 0 Å². The number of carboxylic acids is 1. The van der Waals surface area contributed by atoms with Gasteiger partial charge in [0.25, 0.3) is 0 Å². The van der Waals surface area contributed by atoms with Crippen LogP contribution in [0.4, 0.5) is 5.82 Å². The van der Waals surface area contributed by atoms with Gasteiger partial charge in [0.2, 0.25) is 0 Å². The second kappa shape index (κ2) is 6.48. The molecule has 0 atom stereocenters. The first-order valence-corrected chi connectivity index (χ1v) is 6.37. The molecule has 0 unspecified atom stereocenters. The molecule has 1 heterocycles. The molecular weight excluding hydrogens is 268 g/mol. The Bertz CT molecular complexity index is 694. The van der Waals surface area contributed by atoms with E-state index in [0.717, 1.165) is 5.56 Å². The molecule has 0 amide bonds. The van der Waals surface area contributed by atoms with Crippen LogP contribution in [0.5, 0.6) is 0 Å². The van der Waals surface area contributed by atoms with Gasteiger partial charge in [-0.1, -0.05) is 18.2 Å². The lowest BCUT2D eigenvalue weighted by Crippen LogP contribution is -2.23. The Kier molecular flexibility index (Phi) is 4.46. The van der Waals surface area contributed by atoms with Crippen LogP contribution in [0.15, 0.2) is 36.7 Å². The molecule has 6 nitrogen and oxygen atoms in total. The summed E-state index contributed by atoms with van der Waals surface area (Å²) in [5, 5.41) is 18.2. The highest BCUT2D eigenvalue weighted by Crippen LogP contribution is 2.14. The summed E-state index contributed by atoms with van der Waals surface area (Å²) in [4.78, 5) is 21.1. The molecule has 6 heteroatoms. The Morgan fingerprint density at radius 1 is 1.33 bits per heavy atom. The number of rotatable bonds is 5. The highest BCUT2D eigenvalue weighted by molar-refractivity contribution is 5.89. The van der Waals surface area contributed by atoms with Crippen LogP contribution >= 0.6 is 0 Å². The number of carboxylic acid groups (broad SMARTS) is 1. The molecule has 2 aromatic rings. The molecule has 0 radical (unpaired) electrons. The molecule has 0 spiro atoms. The van der Waals surface area contributed by atoms with Crippen LogP contribution in [-0.2, 0) is 6.42 Å². The van der Waals surface area contributed by atoms with Crippen LogP contribution in [0, 0.1) is 11.3 Å². The van der Waals surface area contributed by atoms with Gasteiger partial charge < -0.3 is 10.0 Å². The second-order valence-corrected chi connectivity index (χ2v) is 4.47. The van der Waals surface area contributed by atoms with Crippen molar-refractivity contribution in [3.63, 3.8) is 0 Å². The Morgan fingerprint density at radius 2 is 2.05 bits per heavy atom. The summed E-state index contributed by atoms with van der Waals surface area (Å²) in [5.74, 6) is -0.446. The molecule has 1 aromatic heterocycles. The van der Waals surface area contributed by atoms with E-state index in [1.54, 1.807) is 30.1 Å². The van der Waals surface area contributed by atoms with E-state index in [1.807, 2.05) is 12.1 Å². The average Bonchev–Trinajstić information content (AvgIpc) is 2.52. The largest absolute Gasteiger partial charge is 0.478 e. The van der Waals surface area contributed by atoms with Crippen LogP contribution < -0.4 is 4.90 Å². The molecule has 1 aromatic carbocycles. The van der Waals surface area contributed by atoms with Crippen molar-refractivity contribution in [2.75, 3.05) is 18.5 Å². The standard InChI is InChI=1S/C15H14N4O2/c1-19(14-13(10-16)17-7-8-18-14)9-6-11-4-2-3-5-12(11)15(20)21/h2-5,7-8H,6,9H2,1H3,(H,20,21). The number of benzene rings is 1. The number of carbonyl (C=O) groups is 1. The number of aromatic nitrogens is 2. The molecule has 0 aliphatic rings. The summed E-state index contributed by atoms with van der Waals surface area (Å²) in [7, 11) is 1.80. The van der Waals surface area contributed by atoms with Crippen molar-refractivity contribution in [2.45, 2.75) is 6.42 Å². The van der Waals surface area contributed by atoms with Crippen LogP contribution in [-0.4, -0.2) is 34.6 Å². The van der Waals surface area contributed by atoms with Crippen molar-refractivity contribution in [1.82, 2.24) is 9.97 Å². The van der Waals surface area contributed by atoms with Gasteiger partial charge >= 0.3 is 5.97 Å². The second-order valence-electron chi connectivity index (χ2n) is 4.47. The van der Waals surface area contributed by atoms with E-state index >= 15 is 0 Å². The summed E-state index contributed by atoms with van der Waals surface area (Å²) in [6, 6.07) is 8.88. The minimum absolute atomic E-state index is 0.256. The summed E-state index contributed by atoms with van der Waals surface area (Å²) in [6.07, 6.45) is 3.54. The zero-order valence-electron chi connectivity index (χ0n) is 11.5. The van der Waals surface area contributed by atoms with Crippen molar-refractivity contribution < 1.29 is 9.90 Å². The number of nitrogens with zero attached hydrogens (tertiary/aromatic N) is 4. The molecule has 0 bridgehead atoms. The third-order valence-corrected chi connectivity index (χ3v) is 3.11. The molecule has 1 N–H and O–H groups in total. The van der Waals surface area contributed by atoms with Crippen molar-refractivity contribution in [3.05, 3.63) is 53.5 Å². The van der Waals surface area contributed by atoms with Gasteiger partial charge in [-0.15, -0.1) is 0 Å². The smallest absolute Gasteiger partial charge is 0.335 e. The quantitative estimate of drug-likeness (QED) is 0.898. The van der Waals surface area contributed by atoms with Gasteiger partial charge in [0, 0.05) is 26.0 Å². The lowest BCUT2D eigenvalue weighted by Gasteiger charge is -2.18. The fraction of sp³-hybridized carbons (Fsp3) is 0.200. The minimum atomic E-state index is -0.939. The normalized spacial score (nSPS) is 9.90. The molecule has 2 rings (SSSR count). The average molecular weight is 282 g/mol. The van der Waals surface area contributed by atoms with E-state index in [2.05, 4.69) is 9.97 Å². The number of aromatic carboxylic acids is 1. The van der Waals surface area contributed by atoms with Gasteiger partial charge in [-0.2, -0.15) is 5.26 Å². The zero-order chi connectivity index (χ0) is 15.2. The Morgan fingerprint density at radius 3 is 2.76 bits per heavy atom. The molecule has 0 saturated carbocycles. The molecule has 0 aliphatic heterocycles. The topological polar surface area (TPSA) is 90.1 Å². The molecule has 106 valence electrons. The maximum atomic E-state index is 11.2. The third-order valence-electron chi connectivity index (χ3n) is 3.11. The van der Waals surface area contributed by atoms with E-state index in [1.165, 1.54) is 12.4 Å². The van der Waals surface area contributed by atoms with Crippen LogP contribution in [0.25, 0.3) is 0 Å². The number of nitriles is 1. The van der Waals surface area contributed by atoms with Gasteiger partial charge in [0.1, 0.15) is 6.07 Å². The fourth-order valence-corrected chi connectivity index (χ4v) is 2.03. The Labute approximate surface area is 122 Å². The summed E-state index contributed by atoms with van der Waals surface area (Å²) in [5.41, 5.74) is 1.30. The predicted octanol–water partition coefficient (Wildman–Crippen LogP) is 1.73. The molecule has 0 aliphatic carbocycles. The van der Waals surface area contributed by atoms with Crippen molar-refractivity contribution >= 4 is 11.8 Å². The Balaban J connectivity index is 2.14. The summed E-state index contributed by atoms with van der Waals surface area (Å²) in [6.45, 7) is 0.539. The van der Waals surface area contributed by atoms with Gasteiger partial charge in [0.15, 0.2) is 11.5 Å². The van der Waals surface area contributed by atoms with E-state index in [0.29, 0.717) is 24.3 Å². The highest BCUT2D eigenvalue weighted by atomic mass is 16.4. The number of likely N-dealkylation sites (N-methyl/N-ethyl adjacent to an activating group) is 1. The monoisotopic (exact) mass is 282 g/mol. The molecule has 0 saturated heterocycles. The molecular formula is C15H14N4O2. The first-order chi connectivity index (χ1) is 10.1. The maximum Gasteiger partial charge on any atom is 0.335 e. The van der Waals surface area contributed by atoms with Gasteiger partial charge in [-0.25, -0.2) is 14.8 Å². The van der Waals surface area contributed by atoms with E-state index in [4.69, 9.17) is 10.4 Å². The SMILES string of the molecule is CN(CCc1ccccc1C(=O)O)c1nccnc1C#N. The summed E-state index contributed by atoms with van der Waals surface area (Å²) >= 11 is 0. The minimum Gasteiger partial charge on any atom is -0.478 e. The van der Waals surface area contributed by atoms with Gasteiger partial charge in [0.05, 0.1) is 5.56 Å². The van der Waals surface area contributed by atoms with Gasteiger partial charge in [-0.3, -0.25) is 0 Å². The number of hydrogen-bond donors (Lipinski definition) is 1. The third kappa shape index (κ3) is 3.34. The van der Waals surface area contributed by atoms with E-state index in [-0.39, 0.29) is 5.69 Å². The fourth-order valence-electron chi connectivity index (χ4n) is 2.03. The van der Waals surface area contributed by atoms with E-state index < -0.39 is 5.97 Å². The van der Waals surface area contributed by atoms with Crippen molar-refractivity contribution in [3.8, 4) is 6.07 Å². The zero-order valence-corrected chi connectivity index (χ0v) is 11.5. The first kappa shape index (κ1) is 14.5. The predicted molar refractivity (Wildman–Crippen MR) is 77.1 cm³/mol. The van der Waals surface area contributed by atoms with Gasteiger partial charge in [-0.05, 0) is 18.1 Å². The van der Waals surface area contributed by atoms with Crippen molar-refractivity contribution in [1.29, 1.82) is 5.26 Å². The number of anilines is 1. The van der Waals surface area contributed by atoms with Crippen molar-refractivity contribution in [2.24, 2.45) is 0 Å². The lowest BCUT2D eigenvalue weighted by molar-refractivity contribution is 0.0695. The van der Waals surface area contributed by atoms with Crippen LogP contribution in [0.1, 0.15) is 21.6 Å². The van der Waals surface area contributed by atoms with Crippen LogP contribution in [0.2, 0.25) is 0 Å². The number of hydrogen-bond acceptors (Lipinski definition) is 5. The molecule has 21 heavy (non-hydrogen) atoms. The lowest BCUT2D eigenvalue weighted by atomic mass is 10.0. The Hall–Kier alpha value is -2.94. The summed E-state index contributed by atoms with van der Waals surface area (Å²) < 4.78 is 0.